The molecular formula is C24H18F2N2O3. The first kappa shape index (κ1) is 19.4. The van der Waals surface area contributed by atoms with Crippen LogP contribution >= 0.6 is 0 Å². The molecule has 3 atom stereocenters. The van der Waals surface area contributed by atoms with Gasteiger partial charge in [-0.05, 0) is 48.9 Å². The van der Waals surface area contributed by atoms with Crippen LogP contribution in [0.2, 0.25) is 0 Å². The number of rotatable bonds is 3. The molecule has 7 heteroatoms. The summed E-state index contributed by atoms with van der Waals surface area (Å²) in [6.45, 7) is 1.91. The minimum absolute atomic E-state index is 0.349. The zero-order valence-electron chi connectivity index (χ0n) is 16.5. The van der Waals surface area contributed by atoms with Crippen LogP contribution in [-0.2, 0) is 14.4 Å². The van der Waals surface area contributed by atoms with Crippen molar-refractivity contribution in [3.8, 4) is 0 Å². The highest BCUT2D eigenvalue weighted by atomic mass is 19.2. The lowest BCUT2D eigenvalue weighted by Gasteiger charge is -2.28. The van der Waals surface area contributed by atoms with Crippen LogP contribution in [0.1, 0.15) is 17.2 Å². The SMILES string of the molecule is Cc1ccc(N2C(=O)[C@@H]3[C@H](ON(c4ccccc4)[C@H]3c3ccc(F)c(F)c3)C2=O)cc1. The minimum Gasteiger partial charge on any atom is -0.273 e. The summed E-state index contributed by atoms with van der Waals surface area (Å²) in [5.74, 6) is -3.84. The summed E-state index contributed by atoms with van der Waals surface area (Å²) in [4.78, 5) is 33.7. The van der Waals surface area contributed by atoms with Crippen molar-refractivity contribution >= 4 is 23.2 Å². The van der Waals surface area contributed by atoms with Crippen molar-refractivity contribution in [2.24, 2.45) is 5.92 Å². The van der Waals surface area contributed by atoms with Crippen LogP contribution in [0.3, 0.4) is 0 Å². The fourth-order valence-corrected chi connectivity index (χ4v) is 4.20. The Bertz CT molecular complexity index is 1170. The van der Waals surface area contributed by atoms with Crippen LogP contribution in [0, 0.1) is 24.5 Å². The number of amides is 2. The van der Waals surface area contributed by atoms with E-state index in [0.29, 0.717) is 16.9 Å². The second-order valence-electron chi connectivity index (χ2n) is 7.68. The van der Waals surface area contributed by atoms with Gasteiger partial charge in [0.1, 0.15) is 5.92 Å². The van der Waals surface area contributed by atoms with E-state index in [-0.39, 0.29) is 0 Å². The molecule has 0 unspecified atom stereocenters. The molecule has 2 amide bonds. The monoisotopic (exact) mass is 420 g/mol. The Labute approximate surface area is 177 Å². The third kappa shape index (κ3) is 3.09. The Morgan fingerprint density at radius 2 is 1.52 bits per heavy atom. The highest BCUT2D eigenvalue weighted by Gasteiger charge is 2.60. The second kappa shape index (κ2) is 7.28. The third-order valence-electron chi connectivity index (χ3n) is 5.70. The summed E-state index contributed by atoms with van der Waals surface area (Å²) in [7, 11) is 0. The molecule has 0 N–H and O–H groups in total. The lowest BCUT2D eigenvalue weighted by molar-refractivity contribution is -0.126. The maximum atomic E-state index is 14.1. The molecule has 0 spiro atoms. The van der Waals surface area contributed by atoms with Gasteiger partial charge in [-0.25, -0.2) is 18.7 Å². The van der Waals surface area contributed by atoms with E-state index < -0.39 is 41.5 Å². The lowest BCUT2D eigenvalue weighted by atomic mass is 9.90. The van der Waals surface area contributed by atoms with Crippen LogP contribution in [0.15, 0.2) is 72.8 Å². The topological polar surface area (TPSA) is 49.9 Å². The van der Waals surface area contributed by atoms with Gasteiger partial charge in [-0.1, -0.05) is 42.0 Å². The largest absolute Gasteiger partial charge is 0.273 e. The number of para-hydroxylation sites is 1. The predicted molar refractivity (Wildman–Crippen MR) is 110 cm³/mol. The van der Waals surface area contributed by atoms with Gasteiger partial charge in [0.05, 0.1) is 17.4 Å². The van der Waals surface area contributed by atoms with E-state index in [9.17, 15) is 18.4 Å². The molecular weight excluding hydrogens is 402 g/mol. The molecule has 2 fully saturated rings. The molecule has 3 aromatic rings. The van der Waals surface area contributed by atoms with E-state index in [2.05, 4.69) is 0 Å². The summed E-state index contributed by atoms with van der Waals surface area (Å²) in [6.07, 6.45) is -1.06. The third-order valence-corrected chi connectivity index (χ3v) is 5.70. The van der Waals surface area contributed by atoms with Crippen LogP contribution < -0.4 is 9.96 Å². The molecule has 0 aliphatic carbocycles. The Balaban J connectivity index is 1.60. The number of anilines is 2. The number of halogens is 2. The van der Waals surface area contributed by atoms with E-state index in [1.54, 1.807) is 36.4 Å². The summed E-state index contributed by atoms with van der Waals surface area (Å²) in [6, 6.07) is 18.6. The van der Waals surface area contributed by atoms with Gasteiger partial charge in [-0.15, -0.1) is 0 Å². The normalized spacial score (nSPS) is 22.9. The molecule has 156 valence electrons. The van der Waals surface area contributed by atoms with Gasteiger partial charge in [0.2, 0.25) is 5.91 Å². The quantitative estimate of drug-likeness (QED) is 0.592. The van der Waals surface area contributed by atoms with Gasteiger partial charge in [0.15, 0.2) is 17.7 Å². The van der Waals surface area contributed by atoms with Crippen molar-refractivity contribution in [3.05, 3.63) is 95.6 Å². The average Bonchev–Trinajstić information content (AvgIpc) is 3.28. The number of imide groups is 1. The fraction of sp³-hybridized carbons (Fsp3) is 0.167. The predicted octanol–water partition coefficient (Wildman–Crippen LogP) is 4.32. The van der Waals surface area contributed by atoms with E-state index >= 15 is 0 Å². The van der Waals surface area contributed by atoms with Crippen LogP contribution in [0.5, 0.6) is 0 Å². The van der Waals surface area contributed by atoms with E-state index in [0.717, 1.165) is 22.6 Å². The molecule has 2 saturated heterocycles. The van der Waals surface area contributed by atoms with Gasteiger partial charge in [-0.2, -0.15) is 0 Å². The van der Waals surface area contributed by atoms with Crippen molar-refractivity contribution in [1.29, 1.82) is 0 Å². The molecule has 2 aliphatic heterocycles. The number of hydroxylamine groups is 1. The zero-order valence-corrected chi connectivity index (χ0v) is 16.5. The van der Waals surface area contributed by atoms with Crippen molar-refractivity contribution in [1.82, 2.24) is 0 Å². The molecule has 3 aromatic carbocycles. The molecule has 2 heterocycles. The average molecular weight is 420 g/mol. The second-order valence-corrected chi connectivity index (χ2v) is 7.68. The number of aryl methyl sites for hydroxylation is 1. The number of carbonyl (C=O) groups is 2. The number of hydrogen-bond donors (Lipinski definition) is 0. The summed E-state index contributed by atoms with van der Waals surface area (Å²) < 4.78 is 27.6. The summed E-state index contributed by atoms with van der Waals surface area (Å²) in [5, 5.41) is 1.45. The Hall–Kier alpha value is -3.58. The van der Waals surface area contributed by atoms with E-state index in [1.807, 2.05) is 25.1 Å². The van der Waals surface area contributed by atoms with Gasteiger partial charge >= 0.3 is 0 Å². The van der Waals surface area contributed by atoms with Crippen molar-refractivity contribution in [3.63, 3.8) is 0 Å². The molecule has 5 rings (SSSR count). The van der Waals surface area contributed by atoms with Gasteiger partial charge < -0.3 is 0 Å². The van der Waals surface area contributed by atoms with E-state index in [1.165, 1.54) is 11.1 Å². The fourth-order valence-electron chi connectivity index (χ4n) is 4.20. The number of hydrogen-bond acceptors (Lipinski definition) is 4. The van der Waals surface area contributed by atoms with Crippen LogP contribution in [0.25, 0.3) is 0 Å². The van der Waals surface area contributed by atoms with E-state index in [4.69, 9.17) is 4.84 Å². The number of carbonyl (C=O) groups excluding carboxylic acids is 2. The highest BCUT2D eigenvalue weighted by molar-refractivity contribution is 6.23. The zero-order chi connectivity index (χ0) is 21.7. The van der Waals surface area contributed by atoms with Crippen molar-refractivity contribution < 1.29 is 23.2 Å². The van der Waals surface area contributed by atoms with Crippen LogP contribution in [0.4, 0.5) is 20.2 Å². The van der Waals surface area contributed by atoms with Gasteiger partial charge in [-0.3, -0.25) is 14.4 Å². The minimum atomic E-state index is -1.06. The molecule has 0 aromatic heterocycles. The molecule has 0 radical (unpaired) electrons. The first-order valence-corrected chi connectivity index (χ1v) is 9.86. The Morgan fingerprint density at radius 3 is 2.19 bits per heavy atom. The van der Waals surface area contributed by atoms with Crippen molar-refractivity contribution in [2.75, 3.05) is 9.96 Å². The summed E-state index contributed by atoms with van der Waals surface area (Å²) >= 11 is 0. The number of benzene rings is 3. The molecule has 0 bridgehead atoms. The molecule has 31 heavy (non-hydrogen) atoms. The molecule has 2 aliphatic rings. The lowest BCUT2D eigenvalue weighted by Crippen LogP contribution is -2.37. The standard InChI is InChI=1S/C24H18F2N2O3/c1-14-7-10-16(11-8-14)27-23(29)20-21(15-9-12-18(25)19(26)13-15)28(31-22(20)24(27)30)17-5-3-2-4-6-17/h2-13,20-22H,1H3/t20-,21-,22-/m0/s1. The number of fused-ring (bicyclic) bond motifs is 1. The smallest absolute Gasteiger partial charge is 0.266 e. The Morgan fingerprint density at radius 1 is 0.806 bits per heavy atom. The maximum Gasteiger partial charge on any atom is 0.266 e. The van der Waals surface area contributed by atoms with Gasteiger partial charge in [0.25, 0.3) is 5.91 Å². The Kier molecular flexibility index (Phi) is 4.55. The first-order valence-electron chi connectivity index (χ1n) is 9.86. The highest BCUT2D eigenvalue weighted by Crippen LogP contribution is 2.47. The molecule has 5 nitrogen and oxygen atoms in total. The first-order chi connectivity index (χ1) is 15.0. The van der Waals surface area contributed by atoms with Crippen molar-refractivity contribution in [2.45, 2.75) is 19.1 Å². The number of nitrogens with zero attached hydrogens (tertiary/aromatic N) is 2. The van der Waals surface area contributed by atoms with Gasteiger partial charge in [0, 0.05) is 0 Å². The molecule has 0 saturated carbocycles. The maximum absolute atomic E-state index is 14.1. The summed E-state index contributed by atoms with van der Waals surface area (Å²) in [5.41, 5.74) is 2.40. The van der Waals surface area contributed by atoms with Crippen LogP contribution in [-0.4, -0.2) is 17.9 Å².